The molecule has 1 unspecified atom stereocenters. The SMILES string of the molecule is CN=C(NCc1cc(C)oc1C)NC1CCCN(C(=O)OC(C)(C)C)C1. The van der Waals surface area contributed by atoms with E-state index in [0.29, 0.717) is 13.1 Å². The van der Waals surface area contributed by atoms with Crippen LogP contribution in [0.25, 0.3) is 0 Å². The summed E-state index contributed by atoms with van der Waals surface area (Å²) in [6.07, 6.45) is 1.68. The fourth-order valence-electron chi connectivity index (χ4n) is 3.01. The van der Waals surface area contributed by atoms with Gasteiger partial charge in [0.05, 0.1) is 0 Å². The lowest BCUT2D eigenvalue weighted by atomic mass is 10.1. The first-order valence-electron chi connectivity index (χ1n) is 9.19. The monoisotopic (exact) mass is 364 g/mol. The minimum atomic E-state index is -0.477. The molecule has 2 N–H and O–H groups in total. The second-order valence-corrected chi connectivity index (χ2v) is 7.77. The number of carbonyl (C=O) groups is 1. The summed E-state index contributed by atoms with van der Waals surface area (Å²) in [7, 11) is 1.75. The third-order valence-corrected chi connectivity index (χ3v) is 4.23. The number of nitrogens with zero attached hydrogens (tertiary/aromatic N) is 2. The quantitative estimate of drug-likeness (QED) is 0.637. The highest BCUT2D eigenvalue weighted by Gasteiger charge is 2.28. The maximum Gasteiger partial charge on any atom is 0.410 e. The van der Waals surface area contributed by atoms with Crippen LogP contribution in [0, 0.1) is 13.8 Å². The van der Waals surface area contributed by atoms with E-state index in [1.54, 1.807) is 11.9 Å². The Morgan fingerprint density at radius 3 is 2.73 bits per heavy atom. The number of aryl methyl sites for hydroxylation is 2. The molecule has 1 saturated heterocycles. The van der Waals surface area contributed by atoms with Crippen LogP contribution in [0.4, 0.5) is 4.79 Å². The van der Waals surface area contributed by atoms with Crippen LogP contribution in [-0.4, -0.2) is 48.7 Å². The van der Waals surface area contributed by atoms with Crippen molar-refractivity contribution >= 4 is 12.1 Å². The Bertz CT molecular complexity index is 646. The number of aliphatic imine (C=N–C) groups is 1. The van der Waals surface area contributed by atoms with E-state index in [-0.39, 0.29) is 12.1 Å². The molecule has 0 aliphatic carbocycles. The van der Waals surface area contributed by atoms with E-state index in [2.05, 4.69) is 15.6 Å². The van der Waals surface area contributed by atoms with Gasteiger partial charge in [-0.1, -0.05) is 0 Å². The van der Waals surface area contributed by atoms with Crippen molar-refractivity contribution in [1.29, 1.82) is 0 Å². The van der Waals surface area contributed by atoms with Gasteiger partial charge in [0.25, 0.3) is 0 Å². The molecule has 0 spiro atoms. The molecule has 1 aromatic rings. The number of hydrogen-bond acceptors (Lipinski definition) is 4. The molecule has 1 aliphatic heterocycles. The molecule has 7 heteroatoms. The van der Waals surface area contributed by atoms with E-state index >= 15 is 0 Å². The van der Waals surface area contributed by atoms with Crippen LogP contribution in [0.1, 0.15) is 50.7 Å². The van der Waals surface area contributed by atoms with Crippen LogP contribution in [0.5, 0.6) is 0 Å². The van der Waals surface area contributed by atoms with Crippen LogP contribution in [0.15, 0.2) is 15.5 Å². The van der Waals surface area contributed by atoms with E-state index in [9.17, 15) is 4.79 Å². The first kappa shape index (κ1) is 20.1. The predicted molar refractivity (Wildman–Crippen MR) is 102 cm³/mol. The van der Waals surface area contributed by atoms with Crippen molar-refractivity contribution in [3.63, 3.8) is 0 Å². The van der Waals surface area contributed by atoms with Crippen molar-refractivity contribution in [3.8, 4) is 0 Å². The molecule has 0 aromatic carbocycles. The molecular weight excluding hydrogens is 332 g/mol. The van der Waals surface area contributed by atoms with E-state index < -0.39 is 5.60 Å². The Kier molecular flexibility index (Phi) is 6.56. The van der Waals surface area contributed by atoms with Gasteiger partial charge in [-0.2, -0.15) is 0 Å². The van der Waals surface area contributed by atoms with E-state index in [1.807, 2.05) is 40.7 Å². The van der Waals surface area contributed by atoms with Crippen molar-refractivity contribution in [2.75, 3.05) is 20.1 Å². The summed E-state index contributed by atoms with van der Waals surface area (Å²) in [5, 5.41) is 6.72. The molecular formula is C19H32N4O3. The Balaban J connectivity index is 1.87. The summed E-state index contributed by atoms with van der Waals surface area (Å²) >= 11 is 0. The molecule has 1 aromatic heterocycles. The van der Waals surface area contributed by atoms with E-state index in [4.69, 9.17) is 9.15 Å². The molecule has 146 valence electrons. The number of guanidine groups is 1. The molecule has 0 radical (unpaired) electrons. The summed E-state index contributed by atoms with van der Waals surface area (Å²) in [6.45, 7) is 11.5. The average Bonchev–Trinajstić information content (AvgIpc) is 2.87. The molecule has 0 bridgehead atoms. The van der Waals surface area contributed by atoms with Crippen LogP contribution < -0.4 is 10.6 Å². The zero-order chi connectivity index (χ0) is 19.3. The van der Waals surface area contributed by atoms with Gasteiger partial charge >= 0.3 is 6.09 Å². The lowest BCUT2D eigenvalue weighted by Crippen LogP contribution is -2.53. The van der Waals surface area contributed by atoms with E-state index in [0.717, 1.165) is 42.4 Å². The molecule has 1 aliphatic rings. The Labute approximate surface area is 156 Å². The van der Waals surface area contributed by atoms with Crippen LogP contribution in [0.3, 0.4) is 0 Å². The lowest BCUT2D eigenvalue weighted by molar-refractivity contribution is 0.0193. The molecule has 0 saturated carbocycles. The number of ether oxygens (including phenoxy) is 1. The third-order valence-electron chi connectivity index (χ3n) is 4.23. The van der Waals surface area contributed by atoms with Gasteiger partial charge in [-0.05, 0) is 53.5 Å². The molecule has 1 atom stereocenters. The van der Waals surface area contributed by atoms with Gasteiger partial charge in [-0.15, -0.1) is 0 Å². The minimum Gasteiger partial charge on any atom is -0.466 e. The van der Waals surface area contributed by atoms with Gasteiger partial charge in [0, 0.05) is 38.3 Å². The third kappa shape index (κ3) is 5.97. The van der Waals surface area contributed by atoms with Gasteiger partial charge in [0.2, 0.25) is 0 Å². The van der Waals surface area contributed by atoms with Gasteiger partial charge < -0.3 is 24.7 Å². The summed E-state index contributed by atoms with van der Waals surface area (Å²) < 4.78 is 11.0. The standard InChI is InChI=1S/C19H32N4O3/c1-13-10-15(14(2)25-13)11-21-17(20-6)22-16-8-7-9-23(12-16)18(24)26-19(3,4)5/h10,16H,7-9,11-12H2,1-6H3,(H2,20,21,22). The molecule has 1 fully saturated rings. The molecule has 7 nitrogen and oxygen atoms in total. The Morgan fingerprint density at radius 2 is 2.15 bits per heavy atom. The maximum absolute atomic E-state index is 12.3. The van der Waals surface area contributed by atoms with Gasteiger partial charge in [0.15, 0.2) is 5.96 Å². The first-order chi connectivity index (χ1) is 12.2. The fourth-order valence-corrected chi connectivity index (χ4v) is 3.01. The number of piperidine rings is 1. The summed E-state index contributed by atoms with van der Waals surface area (Å²) in [5.41, 5.74) is 0.639. The molecule has 2 rings (SSSR count). The fraction of sp³-hybridized carbons (Fsp3) is 0.684. The zero-order valence-corrected chi connectivity index (χ0v) is 16.8. The Morgan fingerprint density at radius 1 is 1.42 bits per heavy atom. The predicted octanol–water partition coefficient (Wildman–Crippen LogP) is 2.96. The number of carbonyl (C=O) groups excluding carboxylic acids is 1. The molecule has 26 heavy (non-hydrogen) atoms. The largest absolute Gasteiger partial charge is 0.466 e. The lowest BCUT2D eigenvalue weighted by Gasteiger charge is -2.35. The van der Waals surface area contributed by atoms with Crippen molar-refractivity contribution in [2.24, 2.45) is 4.99 Å². The van der Waals surface area contributed by atoms with Crippen molar-refractivity contribution in [1.82, 2.24) is 15.5 Å². The van der Waals surface area contributed by atoms with Crippen molar-refractivity contribution < 1.29 is 13.9 Å². The highest BCUT2D eigenvalue weighted by molar-refractivity contribution is 5.80. The summed E-state index contributed by atoms with van der Waals surface area (Å²) in [6, 6.07) is 2.18. The second kappa shape index (κ2) is 8.47. The number of rotatable bonds is 3. The number of amides is 1. The summed E-state index contributed by atoms with van der Waals surface area (Å²) in [4.78, 5) is 18.3. The normalized spacial score (nSPS) is 18.6. The number of hydrogen-bond donors (Lipinski definition) is 2. The van der Waals surface area contributed by atoms with Gasteiger partial charge in [-0.3, -0.25) is 4.99 Å². The first-order valence-corrected chi connectivity index (χ1v) is 9.19. The smallest absolute Gasteiger partial charge is 0.410 e. The van der Waals surface area contributed by atoms with Crippen molar-refractivity contribution in [3.05, 3.63) is 23.2 Å². The van der Waals surface area contributed by atoms with E-state index in [1.165, 1.54) is 0 Å². The van der Waals surface area contributed by atoms with Crippen LogP contribution >= 0.6 is 0 Å². The minimum absolute atomic E-state index is 0.148. The number of likely N-dealkylation sites (tertiary alicyclic amines) is 1. The molecule has 2 heterocycles. The van der Waals surface area contributed by atoms with Crippen molar-refractivity contribution in [2.45, 2.75) is 65.6 Å². The highest BCUT2D eigenvalue weighted by atomic mass is 16.6. The number of nitrogens with one attached hydrogen (secondary N) is 2. The Hall–Kier alpha value is -2.18. The topological polar surface area (TPSA) is 79.1 Å². The van der Waals surface area contributed by atoms with Crippen LogP contribution in [0.2, 0.25) is 0 Å². The zero-order valence-electron chi connectivity index (χ0n) is 16.8. The second-order valence-electron chi connectivity index (χ2n) is 7.77. The summed E-state index contributed by atoms with van der Waals surface area (Å²) in [5.74, 6) is 2.54. The highest BCUT2D eigenvalue weighted by Crippen LogP contribution is 2.16. The maximum atomic E-state index is 12.3. The van der Waals surface area contributed by atoms with Gasteiger partial charge in [-0.25, -0.2) is 4.79 Å². The number of furan rings is 1. The average molecular weight is 364 g/mol. The van der Waals surface area contributed by atoms with Crippen LogP contribution in [-0.2, 0) is 11.3 Å². The molecule has 1 amide bonds. The van der Waals surface area contributed by atoms with Gasteiger partial charge in [0.1, 0.15) is 17.1 Å².